The van der Waals surface area contributed by atoms with Gasteiger partial charge in [0.2, 0.25) is 0 Å². The second-order valence-corrected chi connectivity index (χ2v) is 4.60. The summed E-state index contributed by atoms with van der Waals surface area (Å²) in [6.07, 6.45) is 0. The van der Waals surface area contributed by atoms with Gasteiger partial charge in [-0.05, 0) is 48.5 Å². The Labute approximate surface area is 99.7 Å². The van der Waals surface area contributed by atoms with Crippen LogP contribution in [0.1, 0.15) is 32.6 Å². The zero-order chi connectivity index (χ0) is 11.4. The zero-order valence-corrected chi connectivity index (χ0v) is 11.1. The summed E-state index contributed by atoms with van der Waals surface area (Å²) >= 11 is 3.31. The van der Waals surface area contributed by atoms with Crippen LogP contribution in [-0.2, 0) is 0 Å². The molecule has 0 aliphatic rings. The maximum absolute atomic E-state index is 5.81. The molecule has 0 saturated heterocycles. The molecule has 4 heteroatoms. The van der Waals surface area contributed by atoms with E-state index < -0.39 is 0 Å². The highest BCUT2D eigenvalue weighted by molar-refractivity contribution is 9.10. The van der Waals surface area contributed by atoms with Crippen LogP contribution in [0.25, 0.3) is 0 Å². The van der Waals surface area contributed by atoms with E-state index >= 15 is 0 Å². The summed E-state index contributed by atoms with van der Waals surface area (Å²) in [5.41, 5.74) is 5.81. The molecule has 1 unspecified atom stereocenters. The molecule has 0 radical (unpaired) electrons. The van der Waals surface area contributed by atoms with Gasteiger partial charge in [0.25, 0.3) is 0 Å². The number of halogens is 1. The van der Waals surface area contributed by atoms with Crippen molar-refractivity contribution in [2.45, 2.75) is 32.9 Å². The maximum Gasteiger partial charge on any atom is 0.169 e. The number of hydrogen-bond acceptors (Lipinski definition) is 3. The Kier molecular flexibility index (Phi) is 4.83. The van der Waals surface area contributed by atoms with E-state index in [9.17, 15) is 0 Å². The Morgan fingerprint density at radius 2 is 2.13 bits per heavy atom. The predicted octanol–water partition coefficient (Wildman–Crippen LogP) is 2.77. The van der Waals surface area contributed by atoms with Crippen LogP contribution in [-0.4, -0.2) is 24.0 Å². The van der Waals surface area contributed by atoms with Crippen LogP contribution >= 0.6 is 15.9 Å². The first-order valence-corrected chi connectivity index (χ1v) is 6.10. The van der Waals surface area contributed by atoms with Gasteiger partial charge in [-0.15, -0.1) is 0 Å². The Hall–Kier alpha value is -0.320. The Balaban J connectivity index is 2.86. The summed E-state index contributed by atoms with van der Waals surface area (Å²) in [7, 11) is 0. The minimum Gasteiger partial charge on any atom is -0.453 e. The van der Waals surface area contributed by atoms with Gasteiger partial charge in [0.05, 0.1) is 6.04 Å². The molecule has 2 N–H and O–H groups in total. The third-order valence-electron chi connectivity index (χ3n) is 2.57. The van der Waals surface area contributed by atoms with Crippen molar-refractivity contribution in [3.8, 4) is 0 Å². The van der Waals surface area contributed by atoms with Gasteiger partial charge in [0.1, 0.15) is 5.76 Å². The lowest BCUT2D eigenvalue weighted by atomic mass is 10.1. The molecule has 1 heterocycles. The topological polar surface area (TPSA) is 42.4 Å². The summed E-state index contributed by atoms with van der Waals surface area (Å²) in [6.45, 7) is 8.03. The van der Waals surface area contributed by atoms with Crippen LogP contribution in [0.15, 0.2) is 21.2 Å². The van der Waals surface area contributed by atoms with Crippen LogP contribution in [0.2, 0.25) is 0 Å². The fraction of sp³-hybridized carbons (Fsp3) is 0.636. The second kappa shape index (κ2) is 5.68. The number of nitrogens with zero attached hydrogens (tertiary/aromatic N) is 1. The van der Waals surface area contributed by atoms with Gasteiger partial charge < -0.3 is 10.2 Å². The van der Waals surface area contributed by atoms with Crippen molar-refractivity contribution in [3.05, 3.63) is 22.6 Å². The summed E-state index contributed by atoms with van der Waals surface area (Å²) in [5, 5.41) is 0. The van der Waals surface area contributed by atoms with E-state index in [-0.39, 0.29) is 6.04 Å². The first-order chi connectivity index (χ1) is 7.10. The molecule has 0 bridgehead atoms. The lowest BCUT2D eigenvalue weighted by molar-refractivity contribution is 0.147. The van der Waals surface area contributed by atoms with Crippen LogP contribution in [0.5, 0.6) is 0 Å². The number of likely N-dealkylation sites (N-methyl/N-ethyl adjacent to an activating group) is 1. The largest absolute Gasteiger partial charge is 0.453 e. The molecule has 3 nitrogen and oxygen atoms in total. The predicted molar refractivity (Wildman–Crippen MR) is 65.7 cm³/mol. The monoisotopic (exact) mass is 274 g/mol. The molecular formula is C11H19BrN2O. The van der Waals surface area contributed by atoms with Crippen molar-refractivity contribution < 1.29 is 4.42 Å². The van der Waals surface area contributed by atoms with E-state index in [4.69, 9.17) is 10.2 Å². The summed E-state index contributed by atoms with van der Waals surface area (Å²) < 4.78 is 6.32. The molecule has 0 saturated carbocycles. The van der Waals surface area contributed by atoms with Crippen molar-refractivity contribution in [3.63, 3.8) is 0 Å². The standard InChI is InChI=1S/C11H19BrN2O/c1-4-14(8(2)3)9(7-13)10-5-6-11(12)15-10/h5-6,8-9H,4,7,13H2,1-3H3. The SMILES string of the molecule is CCN(C(C)C)C(CN)c1ccc(Br)o1. The molecule has 0 spiro atoms. The van der Waals surface area contributed by atoms with Gasteiger partial charge >= 0.3 is 0 Å². The van der Waals surface area contributed by atoms with E-state index in [0.29, 0.717) is 12.6 Å². The molecule has 0 aliphatic carbocycles. The first-order valence-electron chi connectivity index (χ1n) is 5.31. The minimum atomic E-state index is 0.168. The molecule has 1 rings (SSSR count). The van der Waals surface area contributed by atoms with Crippen molar-refractivity contribution in [2.24, 2.45) is 5.73 Å². The highest BCUT2D eigenvalue weighted by Crippen LogP contribution is 2.25. The molecule has 15 heavy (non-hydrogen) atoms. The Morgan fingerprint density at radius 1 is 1.47 bits per heavy atom. The number of furan rings is 1. The van der Waals surface area contributed by atoms with Gasteiger partial charge in [-0.25, -0.2) is 0 Å². The van der Waals surface area contributed by atoms with Crippen LogP contribution in [0.3, 0.4) is 0 Å². The third kappa shape index (κ3) is 3.06. The molecule has 1 atom stereocenters. The van der Waals surface area contributed by atoms with Crippen LogP contribution in [0, 0.1) is 0 Å². The number of hydrogen-bond donors (Lipinski definition) is 1. The van der Waals surface area contributed by atoms with E-state index in [1.165, 1.54) is 0 Å². The lowest BCUT2D eigenvalue weighted by Crippen LogP contribution is -2.38. The van der Waals surface area contributed by atoms with E-state index in [1.807, 2.05) is 12.1 Å². The molecule has 86 valence electrons. The molecule has 0 aromatic carbocycles. The summed E-state index contributed by atoms with van der Waals surface area (Å²) in [6, 6.07) is 4.52. The van der Waals surface area contributed by atoms with Gasteiger partial charge in [-0.3, -0.25) is 4.90 Å². The van der Waals surface area contributed by atoms with Crippen molar-refractivity contribution in [1.82, 2.24) is 4.90 Å². The number of rotatable bonds is 5. The molecular weight excluding hydrogens is 256 g/mol. The van der Waals surface area contributed by atoms with Crippen molar-refractivity contribution in [2.75, 3.05) is 13.1 Å². The fourth-order valence-electron chi connectivity index (χ4n) is 1.87. The normalized spacial score (nSPS) is 13.8. The van der Waals surface area contributed by atoms with E-state index in [0.717, 1.165) is 17.0 Å². The smallest absolute Gasteiger partial charge is 0.169 e. The molecule has 0 amide bonds. The van der Waals surface area contributed by atoms with E-state index in [1.54, 1.807) is 0 Å². The number of nitrogens with two attached hydrogens (primary N) is 1. The van der Waals surface area contributed by atoms with Crippen molar-refractivity contribution in [1.29, 1.82) is 0 Å². The van der Waals surface area contributed by atoms with Crippen LogP contribution < -0.4 is 5.73 Å². The first kappa shape index (κ1) is 12.7. The molecule has 1 aromatic heterocycles. The average molecular weight is 275 g/mol. The minimum absolute atomic E-state index is 0.168. The van der Waals surface area contributed by atoms with Crippen molar-refractivity contribution >= 4 is 15.9 Å². The zero-order valence-electron chi connectivity index (χ0n) is 9.53. The maximum atomic E-state index is 5.81. The highest BCUT2D eigenvalue weighted by Gasteiger charge is 2.22. The van der Waals surface area contributed by atoms with Gasteiger partial charge in [-0.1, -0.05) is 6.92 Å². The quantitative estimate of drug-likeness (QED) is 0.898. The highest BCUT2D eigenvalue weighted by atomic mass is 79.9. The average Bonchev–Trinajstić information content (AvgIpc) is 2.60. The second-order valence-electron chi connectivity index (χ2n) is 3.82. The Bertz CT molecular complexity index is 299. The summed E-state index contributed by atoms with van der Waals surface area (Å²) in [4.78, 5) is 2.32. The van der Waals surface area contributed by atoms with Gasteiger partial charge in [0.15, 0.2) is 4.67 Å². The third-order valence-corrected chi connectivity index (χ3v) is 3.00. The molecule has 0 aliphatic heterocycles. The summed E-state index contributed by atoms with van der Waals surface area (Å²) in [5.74, 6) is 0.930. The molecule has 1 aromatic rings. The Morgan fingerprint density at radius 3 is 2.47 bits per heavy atom. The fourth-order valence-corrected chi connectivity index (χ4v) is 2.19. The van der Waals surface area contributed by atoms with E-state index in [2.05, 4.69) is 41.6 Å². The van der Waals surface area contributed by atoms with Gasteiger partial charge in [-0.2, -0.15) is 0 Å². The van der Waals surface area contributed by atoms with Gasteiger partial charge in [0, 0.05) is 12.6 Å². The lowest BCUT2D eigenvalue weighted by Gasteiger charge is -2.31. The van der Waals surface area contributed by atoms with Crippen LogP contribution in [0.4, 0.5) is 0 Å². The molecule has 0 fully saturated rings.